The Kier molecular flexibility index (Phi) is 2.78. The number of nitrogens with one attached hydrogen (secondary N) is 1. The predicted molar refractivity (Wildman–Crippen MR) is 43.5 cm³/mol. The van der Waals surface area contributed by atoms with E-state index in [1.807, 2.05) is 0 Å². The van der Waals surface area contributed by atoms with Crippen LogP contribution in [0.2, 0.25) is 0 Å². The molecule has 0 fully saturated rings. The van der Waals surface area contributed by atoms with Gasteiger partial charge >= 0.3 is 12.1 Å². The minimum absolute atomic E-state index is 0.285. The van der Waals surface area contributed by atoms with Gasteiger partial charge in [-0.1, -0.05) is 0 Å². The third-order valence-corrected chi connectivity index (χ3v) is 1.51. The van der Waals surface area contributed by atoms with Gasteiger partial charge in [-0.05, 0) is 0 Å². The maximum Gasteiger partial charge on any atom is 0.434 e. The lowest BCUT2D eigenvalue weighted by molar-refractivity contribution is -0.141. The van der Waals surface area contributed by atoms with Crippen molar-refractivity contribution in [3.05, 3.63) is 17.5 Å². The number of aromatic nitrogens is 2. The molecule has 15 heavy (non-hydrogen) atoms. The molecule has 1 aromatic heterocycles. The number of alkyl halides is 3. The summed E-state index contributed by atoms with van der Waals surface area (Å²) in [6, 6.07) is 0. The van der Waals surface area contributed by atoms with Crippen LogP contribution in [0, 0.1) is 0 Å². The van der Waals surface area contributed by atoms with Gasteiger partial charge in [0.2, 0.25) is 5.95 Å². The van der Waals surface area contributed by atoms with E-state index in [-0.39, 0.29) is 5.95 Å². The zero-order chi connectivity index (χ0) is 11.6. The molecule has 82 valence electrons. The van der Waals surface area contributed by atoms with Crippen molar-refractivity contribution in [2.75, 3.05) is 12.4 Å². The predicted octanol–water partition coefficient (Wildman–Crippen LogP) is 1.24. The van der Waals surface area contributed by atoms with Gasteiger partial charge in [0.15, 0.2) is 5.69 Å². The van der Waals surface area contributed by atoms with E-state index >= 15 is 0 Å². The molecule has 0 aliphatic rings. The molecule has 0 atom stereocenters. The van der Waals surface area contributed by atoms with Gasteiger partial charge in [0.05, 0.1) is 0 Å². The molecule has 1 aromatic rings. The third-order valence-electron chi connectivity index (χ3n) is 1.51. The summed E-state index contributed by atoms with van der Waals surface area (Å²) >= 11 is 0. The van der Waals surface area contributed by atoms with Crippen LogP contribution >= 0.6 is 0 Å². The van der Waals surface area contributed by atoms with Crippen LogP contribution in [0.15, 0.2) is 6.20 Å². The quantitative estimate of drug-likeness (QED) is 0.785. The highest BCUT2D eigenvalue weighted by atomic mass is 19.4. The van der Waals surface area contributed by atoms with Crippen LogP contribution in [0.3, 0.4) is 0 Å². The van der Waals surface area contributed by atoms with Crippen molar-refractivity contribution in [3.8, 4) is 0 Å². The van der Waals surface area contributed by atoms with Crippen LogP contribution in [0.4, 0.5) is 19.1 Å². The second-order valence-electron chi connectivity index (χ2n) is 2.51. The maximum atomic E-state index is 12.3. The number of halogens is 3. The van der Waals surface area contributed by atoms with Gasteiger partial charge in [-0.25, -0.2) is 14.8 Å². The molecule has 0 amide bonds. The van der Waals surface area contributed by atoms with Crippen molar-refractivity contribution in [2.24, 2.45) is 0 Å². The van der Waals surface area contributed by atoms with E-state index in [1.54, 1.807) is 0 Å². The molecule has 1 heterocycles. The molecule has 2 N–H and O–H groups in total. The van der Waals surface area contributed by atoms with E-state index in [2.05, 4.69) is 15.3 Å². The summed E-state index contributed by atoms with van der Waals surface area (Å²) in [6.07, 6.45) is -4.20. The van der Waals surface area contributed by atoms with E-state index < -0.39 is 23.4 Å². The average Bonchev–Trinajstić information content (AvgIpc) is 2.15. The minimum atomic E-state index is -4.82. The van der Waals surface area contributed by atoms with E-state index in [4.69, 9.17) is 5.11 Å². The van der Waals surface area contributed by atoms with Crippen molar-refractivity contribution in [1.29, 1.82) is 0 Å². The average molecular weight is 221 g/mol. The number of anilines is 1. The van der Waals surface area contributed by atoms with Crippen molar-refractivity contribution in [3.63, 3.8) is 0 Å². The minimum Gasteiger partial charge on any atom is -0.478 e. The zero-order valence-electron chi connectivity index (χ0n) is 7.46. The largest absolute Gasteiger partial charge is 0.478 e. The molecule has 0 aromatic carbocycles. The Hall–Kier alpha value is -1.86. The lowest BCUT2D eigenvalue weighted by Crippen LogP contribution is -2.17. The summed E-state index contributed by atoms with van der Waals surface area (Å²) in [7, 11) is 1.33. The first kappa shape index (κ1) is 11.2. The fourth-order valence-corrected chi connectivity index (χ4v) is 0.875. The molecule has 0 aliphatic heterocycles. The summed E-state index contributed by atoms with van der Waals surface area (Å²) < 4.78 is 37.0. The summed E-state index contributed by atoms with van der Waals surface area (Å²) in [5, 5.41) is 10.8. The van der Waals surface area contributed by atoms with Crippen LogP contribution in [0.5, 0.6) is 0 Å². The highest BCUT2D eigenvalue weighted by Gasteiger charge is 2.38. The molecule has 0 unspecified atom stereocenters. The van der Waals surface area contributed by atoms with Gasteiger partial charge in [-0.15, -0.1) is 0 Å². The first-order chi connectivity index (χ1) is 6.86. The van der Waals surface area contributed by atoms with E-state index in [0.717, 1.165) is 0 Å². The Balaban J connectivity index is 3.36. The van der Waals surface area contributed by atoms with E-state index in [1.165, 1.54) is 7.05 Å². The highest BCUT2D eigenvalue weighted by molar-refractivity contribution is 5.88. The number of aromatic carboxylic acids is 1. The Morgan fingerprint density at radius 2 is 2.13 bits per heavy atom. The van der Waals surface area contributed by atoms with Crippen LogP contribution in [-0.2, 0) is 6.18 Å². The number of carbonyl (C=O) groups is 1. The fourth-order valence-electron chi connectivity index (χ4n) is 0.875. The molecule has 5 nitrogen and oxygen atoms in total. The lowest BCUT2D eigenvalue weighted by atomic mass is 10.2. The van der Waals surface area contributed by atoms with Crippen molar-refractivity contribution in [2.45, 2.75) is 6.18 Å². The Labute approximate surface area is 82.0 Å². The number of hydrogen-bond acceptors (Lipinski definition) is 4. The maximum absolute atomic E-state index is 12.3. The highest BCUT2D eigenvalue weighted by Crippen LogP contribution is 2.30. The Morgan fingerprint density at radius 3 is 2.53 bits per heavy atom. The summed E-state index contributed by atoms with van der Waals surface area (Å²) in [6.45, 7) is 0. The van der Waals surface area contributed by atoms with Gasteiger partial charge in [-0.2, -0.15) is 13.2 Å². The van der Waals surface area contributed by atoms with E-state index in [0.29, 0.717) is 6.20 Å². The van der Waals surface area contributed by atoms with Crippen molar-refractivity contribution >= 4 is 11.9 Å². The van der Waals surface area contributed by atoms with Crippen LogP contribution < -0.4 is 5.32 Å². The number of carboxylic acid groups (broad SMARTS) is 1. The second-order valence-corrected chi connectivity index (χ2v) is 2.51. The molecule has 0 saturated carbocycles. The second kappa shape index (κ2) is 3.71. The molecule has 0 radical (unpaired) electrons. The topological polar surface area (TPSA) is 75.1 Å². The summed E-state index contributed by atoms with van der Waals surface area (Å²) in [5.41, 5.74) is -2.43. The third kappa shape index (κ3) is 2.33. The van der Waals surface area contributed by atoms with Crippen LogP contribution in [-0.4, -0.2) is 28.1 Å². The monoisotopic (exact) mass is 221 g/mol. The standard InChI is InChI=1S/C7H6F3N3O2/c1-11-6-12-2-3(5(14)15)4(13-6)7(8,9)10/h2H,1H3,(H,14,15)(H,11,12,13). The molecule has 0 saturated heterocycles. The smallest absolute Gasteiger partial charge is 0.434 e. The molecule has 1 rings (SSSR count). The number of hydrogen-bond donors (Lipinski definition) is 2. The lowest BCUT2D eigenvalue weighted by Gasteiger charge is -2.09. The number of rotatable bonds is 2. The van der Waals surface area contributed by atoms with Gasteiger partial charge in [0.25, 0.3) is 0 Å². The Bertz CT molecular complexity index is 392. The van der Waals surface area contributed by atoms with Gasteiger partial charge < -0.3 is 10.4 Å². The number of nitrogens with zero attached hydrogens (tertiary/aromatic N) is 2. The van der Waals surface area contributed by atoms with Crippen LogP contribution in [0.1, 0.15) is 16.1 Å². The fraction of sp³-hybridized carbons (Fsp3) is 0.286. The van der Waals surface area contributed by atoms with E-state index in [9.17, 15) is 18.0 Å². The summed E-state index contributed by atoms with van der Waals surface area (Å²) in [5.74, 6) is -2.00. The molecule has 0 bridgehead atoms. The zero-order valence-corrected chi connectivity index (χ0v) is 7.46. The Morgan fingerprint density at radius 1 is 1.53 bits per heavy atom. The first-order valence-electron chi connectivity index (χ1n) is 3.71. The molecule has 0 spiro atoms. The SMILES string of the molecule is CNc1ncc(C(=O)O)c(C(F)(F)F)n1. The normalized spacial score (nSPS) is 11.2. The van der Waals surface area contributed by atoms with Gasteiger partial charge in [0.1, 0.15) is 5.56 Å². The molecular formula is C7H6F3N3O2. The molecule has 8 heteroatoms. The van der Waals surface area contributed by atoms with Crippen molar-refractivity contribution in [1.82, 2.24) is 9.97 Å². The van der Waals surface area contributed by atoms with Crippen LogP contribution in [0.25, 0.3) is 0 Å². The summed E-state index contributed by atoms with van der Waals surface area (Å²) in [4.78, 5) is 16.9. The number of carboxylic acids is 1. The molecular weight excluding hydrogens is 215 g/mol. The van der Waals surface area contributed by atoms with Crippen molar-refractivity contribution < 1.29 is 23.1 Å². The molecule has 0 aliphatic carbocycles. The van der Waals surface area contributed by atoms with Gasteiger partial charge in [0, 0.05) is 13.2 Å². The first-order valence-corrected chi connectivity index (χ1v) is 3.71. The van der Waals surface area contributed by atoms with Gasteiger partial charge in [-0.3, -0.25) is 0 Å².